The molecule has 7 heteroatoms. The van der Waals surface area contributed by atoms with Crippen molar-refractivity contribution in [2.75, 3.05) is 13.2 Å². The van der Waals surface area contributed by atoms with Crippen molar-refractivity contribution >= 4 is 6.09 Å². The summed E-state index contributed by atoms with van der Waals surface area (Å²) in [5.74, 6) is -0.747. The number of hydrogen-bond acceptors (Lipinski definition) is 5. The van der Waals surface area contributed by atoms with Crippen LogP contribution in [-0.2, 0) is 4.74 Å². The van der Waals surface area contributed by atoms with Crippen LogP contribution >= 0.6 is 0 Å². The highest BCUT2D eigenvalue weighted by molar-refractivity contribution is 5.79. The first-order valence-electron chi connectivity index (χ1n) is 10.6. The maximum absolute atomic E-state index is 13.4. The summed E-state index contributed by atoms with van der Waals surface area (Å²) in [7, 11) is 0. The molecule has 168 valence electrons. The molecule has 1 amide bonds. The van der Waals surface area contributed by atoms with Crippen LogP contribution in [0.1, 0.15) is 40.7 Å². The number of halogens is 1. The molecule has 6 nitrogen and oxygen atoms in total. The van der Waals surface area contributed by atoms with E-state index in [0.29, 0.717) is 0 Å². The van der Waals surface area contributed by atoms with Gasteiger partial charge in [0.2, 0.25) is 0 Å². The van der Waals surface area contributed by atoms with Gasteiger partial charge in [-0.2, -0.15) is 5.26 Å². The van der Waals surface area contributed by atoms with E-state index in [2.05, 4.69) is 17.4 Å². The van der Waals surface area contributed by atoms with Crippen molar-refractivity contribution in [3.8, 4) is 17.2 Å². The van der Waals surface area contributed by atoms with Gasteiger partial charge in [0.25, 0.3) is 0 Å². The number of carbonyl (C=O) groups excluding carboxylic acids is 1. The molecule has 0 aromatic heterocycles. The SMILES string of the molecule is N#Cc1cc(C(O)C(O)CCNC(=O)OCC2c3ccccc3-c3ccccc32)ccc1F. The number of hydrogen-bond donors (Lipinski definition) is 3. The van der Waals surface area contributed by atoms with Crippen LogP contribution < -0.4 is 5.32 Å². The number of nitrogens with zero attached hydrogens (tertiary/aromatic N) is 1. The molecule has 0 radical (unpaired) electrons. The van der Waals surface area contributed by atoms with Crippen LogP contribution in [0.5, 0.6) is 0 Å². The Kier molecular flexibility index (Phi) is 6.68. The largest absolute Gasteiger partial charge is 0.449 e. The molecule has 1 aliphatic carbocycles. The number of ether oxygens (including phenoxy) is 1. The van der Waals surface area contributed by atoms with Crippen LogP contribution in [0, 0.1) is 17.1 Å². The van der Waals surface area contributed by atoms with E-state index in [1.165, 1.54) is 12.1 Å². The Hall–Kier alpha value is -3.73. The second kappa shape index (κ2) is 9.82. The molecule has 0 saturated heterocycles. The van der Waals surface area contributed by atoms with Crippen molar-refractivity contribution in [3.05, 3.63) is 94.8 Å². The van der Waals surface area contributed by atoms with Crippen molar-refractivity contribution < 1.29 is 24.1 Å². The van der Waals surface area contributed by atoms with Gasteiger partial charge in [0.1, 0.15) is 24.6 Å². The lowest BCUT2D eigenvalue weighted by molar-refractivity contribution is 0.0136. The summed E-state index contributed by atoms with van der Waals surface area (Å²) in [5.41, 5.74) is 4.51. The summed E-state index contributed by atoms with van der Waals surface area (Å²) in [5, 5.41) is 32.0. The average Bonchev–Trinajstić information content (AvgIpc) is 3.16. The third-order valence-electron chi connectivity index (χ3n) is 5.87. The van der Waals surface area contributed by atoms with Gasteiger partial charge in [-0.3, -0.25) is 0 Å². The molecule has 3 aromatic carbocycles. The number of rotatable bonds is 7. The molecule has 0 spiro atoms. The predicted molar refractivity (Wildman–Crippen MR) is 120 cm³/mol. The summed E-state index contributed by atoms with van der Waals surface area (Å²) in [6, 6.07) is 21.3. The molecule has 3 aromatic rings. The zero-order chi connectivity index (χ0) is 23.4. The quantitative estimate of drug-likeness (QED) is 0.509. The van der Waals surface area contributed by atoms with E-state index in [-0.39, 0.29) is 36.6 Å². The number of fused-ring (bicyclic) bond motifs is 3. The number of aliphatic hydroxyl groups excluding tert-OH is 2. The molecule has 4 rings (SSSR count). The second-order valence-corrected chi connectivity index (χ2v) is 7.90. The molecule has 3 N–H and O–H groups in total. The summed E-state index contributed by atoms with van der Waals surface area (Å²) >= 11 is 0. The number of aliphatic hydroxyl groups is 2. The minimum Gasteiger partial charge on any atom is -0.449 e. The third-order valence-corrected chi connectivity index (χ3v) is 5.87. The van der Waals surface area contributed by atoms with E-state index in [9.17, 15) is 19.4 Å². The van der Waals surface area contributed by atoms with Crippen molar-refractivity contribution in [2.45, 2.75) is 24.5 Å². The number of benzene rings is 3. The fourth-order valence-corrected chi connectivity index (χ4v) is 4.16. The van der Waals surface area contributed by atoms with Crippen LogP contribution in [0.3, 0.4) is 0 Å². The van der Waals surface area contributed by atoms with Gasteiger partial charge in [0.05, 0.1) is 11.7 Å². The topological polar surface area (TPSA) is 103 Å². The Morgan fingerprint density at radius 3 is 2.33 bits per heavy atom. The fourth-order valence-electron chi connectivity index (χ4n) is 4.16. The zero-order valence-electron chi connectivity index (χ0n) is 17.7. The van der Waals surface area contributed by atoms with Crippen molar-refractivity contribution in [1.82, 2.24) is 5.32 Å². The Labute approximate surface area is 190 Å². The number of nitrogens with one attached hydrogen (secondary N) is 1. The van der Waals surface area contributed by atoms with E-state index in [4.69, 9.17) is 10.00 Å². The Morgan fingerprint density at radius 2 is 1.70 bits per heavy atom. The third kappa shape index (κ3) is 4.72. The fraction of sp³-hybridized carbons (Fsp3) is 0.231. The molecule has 2 atom stereocenters. The average molecular weight is 446 g/mol. The standard InChI is InChI=1S/C26H23FN2O4/c27-23-10-9-16(13-17(23)14-28)25(31)24(30)11-12-29-26(32)33-15-22-20-7-3-1-5-18(20)19-6-2-4-8-21(19)22/h1-10,13,22,24-25,30-31H,11-12,15H2,(H,29,32). The highest BCUT2D eigenvalue weighted by Gasteiger charge is 2.29. The monoisotopic (exact) mass is 446 g/mol. The predicted octanol–water partition coefficient (Wildman–Crippen LogP) is 4.02. The van der Waals surface area contributed by atoms with Crippen molar-refractivity contribution in [3.63, 3.8) is 0 Å². The molecule has 0 aliphatic heterocycles. The lowest BCUT2D eigenvalue weighted by Crippen LogP contribution is -2.30. The van der Waals surface area contributed by atoms with Gasteiger partial charge in [0, 0.05) is 12.5 Å². The van der Waals surface area contributed by atoms with E-state index in [1.807, 2.05) is 36.4 Å². The van der Waals surface area contributed by atoms with Crippen LogP contribution in [0.15, 0.2) is 66.7 Å². The molecule has 0 saturated carbocycles. The van der Waals surface area contributed by atoms with E-state index < -0.39 is 24.1 Å². The molecule has 33 heavy (non-hydrogen) atoms. The maximum Gasteiger partial charge on any atom is 0.407 e. The normalized spacial score (nSPS) is 14.0. The van der Waals surface area contributed by atoms with Gasteiger partial charge in [-0.1, -0.05) is 54.6 Å². The summed E-state index contributed by atoms with van der Waals surface area (Å²) in [6.07, 6.45) is -3.10. The molecule has 0 fully saturated rings. The first-order valence-corrected chi connectivity index (χ1v) is 10.6. The summed E-state index contributed by atoms with van der Waals surface area (Å²) in [6.45, 7) is 0.249. The highest BCUT2D eigenvalue weighted by Crippen LogP contribution is 2.44. The maximum atomic E-state index is 13.4. The van der Waals surface area contributed by atoms with Gasteiger partial charge in [-0.25, -0.2) is 9.18 Å². The number of carbonyl (C=O) groups is 1. The van der Waals surface area contributed by atoms with Gasteiger partial charge in [-0.05, 0) is 46.4 Å². The van der Waals surface area contributed by atoms with Crippen LogP contribution in [0.25, 0.3) is 11.1 Å². The van der Waals surface area contributed by atoms with Crippen molar-refractivity contribution in [2.24, 2.45) is 0 Å². The minimum absolute atomic E-state index is 0.0463. The summed E-state index contributed by atoms with van der Waals surface area (Å²) < 4.78 is 18.9. The van der Waals surface area contributed by atoms with Crippen molar-refractivity contribution in [1.29, 1.82) is 5.26 Å². The first kappa shape index (κ1) is 22.5. The minimum atomic E-state index is -1.32. The smallest absolute Gasteiger partial charge is 0.407 e. The zero-order valence-corrected chi connectivity index (χ0v) is 17.7. The first-order chi connectivity index (χ1) is 16.0. The lowest BCUT2D eigenvalue weighted by Gasteiger charge is -2.19. The lowest BCUT2D eigenvalue weighted by atomic mass is 9.98. The molecule has 2 unspecified atom stereocenters. The molecule has 0 bridgehead atoms. The van der Waals surface area contributed by atoms with Gasteiger partial charge in [0.15, 0.2) is 0 Å². The molecular weight excluding hydrogens is 423 g/mol. The Morgan fingerprint density at radius 1 is 1.06 bits per heavy atom. The molecular formula is C26H23FN2O4. The van der Waals surface area contributed by atoms with Crippen LogP contribution in [-0.4, -0.2) is 35.6 Å². The number of nitriles is 1. The molecule has 1 aliphatic rings. The Balaban J connectivity index is 1.29. The molecule has 0 heterocycles. The summed E-state index contributed by atoms with van der Waals surface area (Å²) in [4.78, 5) is 12.2. The second-order valence-electron chi connectivity index (χ2n) is 7.90. The van der Waals surface area contributed by atoms with Crippen LogP contribution in [0.2, 0.25) is 0 Å². The van der Waals surface area contributed by atoms with Gasteiger partial charge in [-0.15, -0.1) is 0 Å². The Bertz CT molecular complexity index is 1160. The van der Waals surface area contributed by atoms with E-state index >= 15 is 0 Å². The van der Waals surface area contributed by atoms with Gasteiger partial charge >= 0.3 is 6.09 Å². The van der Waals surface area contributed by atoms with E-state index in [1.54, 1.807) is 6.07 Å². The number of alkyl carbamates (subject to hydrolysis) is 1. The number of amides is 1. The van der Waals surface area contributed by atoms with Gasteiger partial charge < -0.3 is 20.3 Å². The highest BCUT2D eigenvalue weighted by atomic mass is 19.1. The van der Waals surface area contributed by atoms with E-state index in [0.717, 1.165) is 28.3 Å². The van der Waals surface area contributed by atoms with Crippen LogP contribution in [0.4, 0.5) is 9.18 Å².